The lowest BCUT2D eigenvalue weighted by Gasteiger charge is -2.32. The van der Waals surface area contributed by atoms with E-state index in [0.29, 0.717) is 12.5 Å². The molecule has 1 aliphatic heterocycles. The number of carbonyl (C=O) groups excluding carboxylic acids is 1. The highest BCUT2D eigenvalue weighted by Crippen LogP contribution is 2.26. The predicted octanol–water partition coefficient (Wildman–Crippen LogP) is 2.25. The van der Waals surface area contributed by atoms with Crippen LogP contribution in [0.25, 0.3) is 0 Å². The lowest BCUT2D eigenvalue weighted by atomic mass is 9.85. The van der Waals surface area contributed by atoms with Crippen molar-refractivity contribution in [3.8, 4) is 0 Å². The van der Waals surface area contributed by atoms with Gasteiger partial charge in [0.25, 0.3) is 0 Å². The lowest BCUT2D eigenvalue weighted by Crippen LogP contribution is -2.42. The molecule has 6 heteroatoms. The number of morpholine rings is 1. The molecule has 1 aromatic rings. The highest BCUT2D eigenvalue weighted by atomic mass is 16.5. The molecule has 1 aromatic heterocycles. The first-order chi connectivity index (χ1) is 11.6. The van der Waals surface area contributed by atoms with Crippen LogP contribution in [-0.2, 0) is 11.3 Å². The Labute approximate surface area is 144 Å². The van der Waals surface area contributed by atoms with Crippen LogP contribution < -0.4 is 10.2 Å². The largest absolute Gasteiger partial charge is 0.375 e. The van der Waals surface area contributed by atoms with E-state index in [-0.39, 0.29) is 12.1 Å². The van der Waals surface area contributed by atoms with Gasteiger partial charge < -0.3 is 19.9 Å². The van der Waals surface area contributed by atoms with Crippen molar-refractivity contribution in [2.75, 3.05) is 38.2 Å². The normalized spacial score (nSPS) is 21.2. The Bertz CT molecular complexity index is 562. The molecule has 2 heterocycles. The molecule has 0 spiro atoms. The maximum absolute atomic E-state index is 12.2. The number of carbonyl (C=O) groups is 1. The first-order valence-corrected chi connectivity index (χ1v) is 8.92. The van der Waals surface area contributed by atoms with Crippen LogP contribution in [0.1, 0.15) is 31.7 Å². The number of nitrogens with zero attached hydrogens (tertiary/aromatic N) is 3. The van der Waals surface area contributed by atoms with Gasteiger partial charge in [0.15, 0.2) is 0 Å². The number of aromatic nitrogens is 1. The molecule has 2 amide bonds. The third kappa shape index (κ3) is 4.38. The van der Waals surface area contributed by atoms with E-state index in [1.807, 2.05) is 19.3 Å². The second kappa shape index (κ2) is 7.83. The molecule has 1 N–H and O–H groups in total. The fraction of sp³-hybridized carbons (Fsp3) is 0.667. The van der Waals surface area contributed by atoms with E-state index in [0.717, 1.165) is 37.6 Å². The average molecular weight is 332 g/mol. The number of hydrogen-bond donors (Lipinski definition) is 1. The van der Waals surface area contributed by atoms with Gasteiger partial charge >= 0.3 is 6.03 Å². The second-order valence-electron chi connectivity index (χ2n) is 6.99. The highest BCUT2D eigenvalue weighted by molar-refractivity contribution is 5.73. The molecule has 24 heavy (non-hydrogen) atoms. The third-order valence-electron chi connectivity index (χ3n) is 4.92. The van der Waals surface area contributed by atoms with Crippen molar-refractivity contribution in [3.05, 3.63) is 23.9 Å². The topological polar surface area (TPSA) is 57.7 Å². The van der Waals surface area contributed by atoms with Crippen molar-refractivity contribution in [1.29, 1.82) is 0 Å². The molecule has 1 unspecified atom stereocenters. The summed E-state index contributed by atoms with van der Waals surface area (Å²) in [5.41, 5.74) is 1.07. The minimum atomic E-state index is 0.000238. The number of amides is 2. The van der Waals surface area contributed by atoms with Crippen LogP contribution in [0.2, 0.25) is 0 Å². The minimum Gasteiger partial charge on any atom is -0.375 e. The molecule has 1 saturated carbocycles. The van der Waals surface area contributed by atoms with Gasteiger partial charge in [-0.1, -0.05) is 6.42 Å². The van der Waals surface area contributed by atoms with Crippen molar-refractivity contribution in [1.82, 2.24) is 15.2 Å². The summed E-state index contributed by atoms with van der Waals surface area (Å²) in [5, 5.41) is 3.01. The van der Waals surface area contributed by atoms with Crippen LogP contribution in [0.3, 0.4) is 0 Å². The van der Waals surface area contributed by atoms with Crippen LogP contribution in [0.4, 0.5) is 10.6 Å². The molecule has 2 fully saturated rings. The number of urea groups is 1. The Morgan fingerprint density at radius 1 is 1.50 bits per heavy atom. The quantitative estimate of drug-likeness (QED) is 0.898. The maximum Gasteiger partial charge on any atom is 0.317 e. The van der Waals surface area contributed by atoms with E-state index in [9.17, 15) is 4.79 Å². The van der Waals surface area contributed by atoms with Gasteiger partial charge in [-0.15, -0.1) is 0 Å². The molecule has 1 saturated heterocycles. The van der Waals surface area contributed by atoms with Gasteiger partial charge in [-0.2, -0.15) is 0 Å². The molecular weight excluding hydrogens is 304 g/mol. The molecule has 0 radical (unpaired) electrons. The molecule has 1 aliphatic carbocycles. The van der Waals surface area contributed by atoms with Gasteiger partial charge in [-0.25, -0.2) is 9.78 Å². The van der Waals surface area contributed by atoms with E-state index in [1.54, 1.807) is 4.90 Å². The van der Waals surface area contributed by atoms with Crippen molar-refractivity contribution in [3.63, 3.8) is 0 Å². The summed E-state index contributed by atoms with van der Waals surface area (Å²) in [7, 11) is 1.88. The Morgan fingerprint density at radius 3 is 3.04 bits per heavy atom. The van der Waals surface area contributed by atoms with E-state index >= 15 is 0 Å². The highest BCUT2D eigenvalue weighted by Gasteiger charge is 2.21. The Kier molecular flexibility index (Phi) is 5.56. The van der Waals surface area contributed by atoms with Crippen LogP contribution in [-0.4, -0.2) is 55.3 Å². The molecule has 132 valence electrons. The molecule has 3 rings (SSSR count). The number of nitrogens with one attached hydrogen (secondary N) is 1. The fourth-order valence-electron chi connectivity index (χ4n) is 3.23. The van der Waals surface area contributed by atoms with Crippen molar-refractivity contribution >= 4 is 11.8 Å². The number of pyridine rings is 1. The van der Waals surface area contributed by atoms with E-state index in [4.69, 9.17) is 4.74 Å². The number of ether oxygens (including phenoxy) is 1. The zero-order valence-corrected chi connectivity index (χ0v) is 14.7. The minimum absolute atomic E-state index is 0.000238. The standard InChI is InChI=1S/C18H28N4O2/c1-14-12-22(8-9-24-14)17-10-16(6-7-19-17)11-20-18(23)21(2)13-15-4-3-5-15/h6-7,10,14-15H,3-5,8-9,11-13H2,1-2H3,(H,20,23). The van der Waals surface area contributed by atoms with E-state index < -0.39 is 0 Å². The summed E-state index contributed by atoms with van der Waals surface area (Å²) < 4.78 is 5.58. The van der Waals surface area contributed by atoms with Gasteiger partial charge in [0.05, 0.1) is 12.7 Å². The summed E-state index contributed by atoms with van der Waals surface area (Å²) >= 11 is 0. The predicted molar refractivity (Wildman–Crippen MR) is 94.1 cm³/mol. The van der Waals surface area contributed by atoms with E-state index in [1.165, 1.54) is 19.3 Å². The zero-order valence-electron chi connectivity index (χ0n) is 14.7. The number of anilines is 1. The van der Waals surface area contributed by atoms with Crippen LogP contribution in [0, 0.1) is 5.92 Å². The molecule has 6 nitrogen and oxygen atoms in total. The van der Waals surface area contributed by atoms with Crippen LogP contribution >= 0.6 is 0 Å². The molecule has 1 atom stereocenters. The summed E-state index contributed by atoms with van der Waals surface area (Å²) in [6.07, 6.45) is 5.85. The lowest BCUT2D eigenvalue weighted by molar-refractivity contribution is 0.0529. The van der Waals surface area contributed by atoms with Crippen LogP contribution in [0.5, 0.6) is 0 Å². The number of hydrogen-bond acceptors (Lipinski definition) is 4. The summed E-state index contributed by atoms with van der Waals surface area (Å²) in [6, 6.07) is 4.02. The van der Waals surface area contributed by atoms with Crippen molar-refractivity contribution < 1.29 is 9.53 Å². The monoisotopic (exact) mass is 332 g/mol. The first kappa shape index (κ1) is 17.0. The Morgan fingerprint density at radius 2 is 2.33 bits per heavy atom. The van der Waals surface area contributed by atoms with Gasteiger partial charge in [0.1, 0.15) is 5.82 Å². The summed E-state index contributed by atoms with van der Waals surface area (Å²) in [6.45, 7) is 5.91. The summed E-state index contributed by atoms with van der Waals surface area (Å²) in [4.78, 5) is 20.7. The maximum atomic E-state index is 12.2. The van der Waals surface area contributed by atoms with Gasteiger partial charge in [0, 0.05) is 39.4 Å². The summed E-state index contributed by atoms with van der Waals surface area (Å²) in [5.74, 6) is 1.65. The molecule has 2 aliphatic rings. The van der Waals surface area contributed by atoms with Crippen LogP contribution in [0.15, 0.2) is 18.3 Å². The Balaban J connectivity index is 1.51. The van der Waals surface area contributed by atoms with Gasteiger partial charge in [-0.3, -0.25) is 0 Å². The fourth-order valence-corrected chi connectivity index (χ4v) is 3.23. The van der Waals surface area contributed by atoms with Crippen molar-refractivity contribution in [2.45, 2.75) is 38.8 Å². The molecule has 0 aromatic carbocycles. The van der Waals surface area contributed by atoms with E-state index in [2.05, 4.69) is 28.2 Å². The second-order valence-corrected chi connectivity index (χ2v) is 6.99. The van der Waals surface area contributed by atoms with Gasteiger partial charge in [0.2, 0.25) is 0 Å². The SMILES string of the molecule is CC1CN(c2cc(CNC(=O)N(C)CC3CCC3)ccn2)CCO1. The number of rotatable bonds is 5. The zero-order chi connectivity index (χ0) is 16.9. The Hall–Kier alpha value is -1.82. The third-order valence-corrected chi connectivity index (χ3v) is 4.92. The van der Waals surface area contributed by atoms with Crippen molar-refractivity contribution in [2.24, 2.45) is 5.92 Å². The smallest absolute Gasteiger partial charge is 0.317 e. The first-order valence-electron chi connectivity index (χ1n) is 8.92. The van der Waals surface area contributed by atoms with Gasteiger partial charge in [-0.05, 0) is 43.4 Å². The molecule has 0 bridgehead atoms. The average Bonchev–Trinajstić information content (AvgIpc) is 2.56. The molecular formula is C18H28N4O2.